The number of pyridine rings is 1. The van der Waals surface area contributed by atoms with E-state index in [-0.39, 0.29) is 18.6 Å². The molecule has 1 amide bonds. The highest BCUT2D eigenvalue weighted by Gasteiger charge is 2.29. The van der Waals surface area contributed by atoms with Gasteiger partial charge in [0, 0.05) is 25.9 Å². The Hall–Kier alpha value is -2.25. The van der Waals surface area contributed by atoms with Crippen LogP contribution in [0.1, 0.15) is 35.9 Å². The monoisotopic (exact) mass is 344 g/mol. The fourth-order valence-electron chi connectivity index (χ4n) is 3.16. The zero-order chi connectivity index (χ0) is 17.8. The number of rotatable bonds is 6. The zero-order valence-electron chi connectivity index (χ0n) is 14.9. The zero-order valence-corrected chi connectivity index (χ0v) is 14.9. The van der Waals surface area contributed by atoms with E-state index in [0.717, 1.165) is 29.5 Å². The summed E-state index contributed by atoms with van der Waals surface area (Å²) in [6.45, 7) is 6.37. The molecule has 7 heteroatoms. The molecule has 0 N–H and O–H groups in total. The summed E-state index contributed by atoms with van der Waals surface area (Å²) in [6.07, 6.45) is 1.83. The van der Waals surface area contributed by atoms with Crippen LogP contribution in [0.3, 0.4) is 0 Å². The summed E-state index contributed by atoms with van der Waals surface area (Å²) in [4.78, 5) is 22.9. The Labute approximate surface area is 147 Å². The van der Waals surface area contributed by atoms with Crippen molar-refractivity contribution in [1.82, 2.24) is 19.4 Å². The summed E-state index contributed by atoms with van der Waals surface area (Å²) in [5.41, 5.74) is 2.92. The van der Waals surface area contributed by atoms with E-state index in [0.29, 0.717) is 19.8 Å². The number of hydrogen-bond donors (Lipinski definition) is 0. The fourth-order valence-corrected chi connectivity index (χ4v) is 3.16. The Bertz CT molecular complexity index is 744. The van der Waals surface area contributed by atoms with Crippen molar-refractivity contribution in [2.24, 2.45) is 0 Å². The number of nitrogens with zero attached hydrogens (tertiary/aromatic N) is 4. The first-order valence-corrected chi connectivity index (χ1v) is 8.43. The average molecular weight is 344 g/mol. The quantitative estimate of drug-likeness (QED) is 0.800. The first kappa shape index (κ1) is 17.6. The number of aryl methyl sites for hydroxylation is 1. The largest absolute Gasteiger partial charge is 0.375 e. The highest BCUT2D eigenvalue weighted by atomic mass is 16.5. The summed E-state index contributed by atoms with van der Waals surface area (Å²) in [5, 5.41) is 0. The molecule has 0 aromatic carbocycles. The third-order valence-corrected chi connectivity index (χ3v) is 4.41. The lowest BCUT2D eigenvalue weighted by Crippen LogP contribution is -2.43. The van der Waals surface area contributed by atoms with Crippen molar-refractivity contribution in [2.45, 2.75) is 39.6 Å². The summed E-state index contributed by atoms with van der Waals surface area (Å²) in [7, 11) is 1.53. The van der Waals surface area contributed by atoms with Crippen LogP contribution in [0.5, 0.6) is 0 Å². The molecule has 0 saturated heterocycles. The summed E-state index contributed by atoms with van der Waals surface area (Å²) in [5.74, 6) is 0.885. The highest BCUT2D eigenvalue weighted by molar-refractivity contribution is 5.78. The van der Waals surface area contributed by atoms with Gasteiger partial charge in [-0.3, -0.25) is 9.78 Å². The van der Waals surface area contributed by atoms with Crippen LogP contribution in [0, 0.1) is 6.92 Å². The van der Waals surface area contributed by atoms with Crippen molar-refractivity contribution < 1.29 is 14.3 Å². The smallest absolute Gasteiger partial charge is 0.249 e. The van der Waals surface area contributed by atoms with E-state index < -0.39 is 0 Å². The molecule has 0 aliphatic carbocycles. The van der Waals surface area contributed by atoms with E-state index in [1.807, 2.05) is 43.1 Å². The topological polar surface area (TPSA) is 69.5 Å². The van der Waals surface area contributed by atoms with E-state index in [1.54, 1.807) is 0 Å². The second-order valence-corrected chi connectivity index (χ2v) is 6.22. The first-order chi connectivity index (χ1) is 12.1. The van der Waals surface area contributed by atoms with Gasteiger partial charge < -0.3 is 18.9 Å². The van der Waals surface area contributed by atoms with Crippen molar-refractivity contribution in [1.29, 1.82) is 0 Å². The summed E-state index contributed by atoms with van der Waals surface area (Å²) in [6, 6.07) is 5.84. The van der Waals surface area contributed by atoms with Crippen molar-refractivity contribution >= 4 is 5.91 Å². The molecule has 0 bridgehead atoms. The lowest BCUT2D eigenvalue weighted by atomic mass is 10.2. The molecule has 0 spiro atoms. The van der Waals surface area contributed by atoms with Gasteiger partial charge in [0.15, 0.2) is 0 Å². The molecular weight excluding hydrogens is 320 g/mol. The van der Waals surface area contributed by atoms with Gasteiger partial charge >= 0.3 is 0 Å². The number of amides is 1. The van der Waals surface area contributed by atoms with Gasteiger partial charge in [0.2, 0.25) is 5.91 Å². The lowest BCUT2D eigenvalue weighted by Gasteiger charge is -2.34. The molecule has 0 unspecified atom stereocenters. The van der Waals surface area contributed by atoms with Crippen LogP contribution in [-0.2, 0) is 34.0 Å². The number of aromatic nitrogens is 3. The van der Waals surface area contributed by atoms with E-state index in [2.05, 4.69) is 14.5 Å². The second-order valence-electron chi connectivity index (χ2n) is 6.22. The fraction of sp³-hybridized carbons (Fsp3) is 0.500. The van der Waals surface area contributed by atoms with Gasteiger partial charge in [-0.1, -0.05) is 6.07 Å². The van der Waals surface area contributed by atoms with Crippen LogP contribution in [0.2, 0.25) is 0 Å². The van der Waals surface area contributed by atoms with Gasteiger partial charge in [-0.05, 0) is 26.0 Å². The Balaban J connectivity index is 1.62. The standard InChI is InChI=1S/C18H24N4O3/c1-13-5-4-6-15(20-13)10-25-11-16-9-19-18-14(2)21(7-8-22(16)18)17(23)12-24-3/h4-6,9,14H,7-8,10-12H2,1-3H3/t14-/m1/s1. The third kappa shape index (κ3) is 3.88. The van der Waals surface area contributed by atoms with Gasteiger partial charge in [0.1, 0.15) is 12.4 Å². The number of carbonyl (C=O) groups is 1. The molecule has 0 radical (unpaired) electrons. The van der Waals surface area contributed by atoms with Crippen molar-refractivity contribution in [3.8, 4) is 0 Å². The van der Waals surface area contributed by atoms with Crippen LogP contribution < -0.4 is 0 Å². The molecule has 3 heterocycles. The third-order valence-electron chi connectivity index (χ3n) is 4.41. The highest BCUT2D eigenvalue weighted by Crippen LogP contribution is 2.25. The summed E-state index contributed by atoms with van der Waals surface area (Å²) < 4.78 is 12.9. The van der Waals surface area contributed by atoms with Crippen molar-refractivity contribution in [3.63, 3.8) is 0 Å². The van der Waals surface area contributed by atoms with E-state index in [4.69, 9.17) is 9.47 Å². The Kier molecular flexibility index (Phi) is 5.45. The SMILES string of the molecule is COCC(=O)N1CCn2c(COCc3cccc(C)n3)cnc2[C@H]1C. The number of hydrogen-bond acceptors (Lipinski definition) is 5. The normalized spacial score (nSPS) is 16.8. The predicted octanol–water partition coefficient (Wildman–Crippen LogP) is 1.85. The summed E-state index contributed by atoms with van der Waals surface area (Å²) >= 11 is 0. The van der Waals surface area contributed by atoms with Crippen molar-refractivity contribution in [3.05, 3.63) is 47.3 Å². The molecule has 25 heavy (non-hydrogen) atoms. The van der Waals surface area contributed by atoms with Crippen LogP contribution in [0.4, 0.5) is 0 Å². The molecule has 2 aromatic heterocycles. The van der Waals surface area contributed by atoms with Gasteiger partial charge in [-0.25, -0.2) is 4.98 Å². The predicted molar refractivity (Wildman–Crippen MR) is 91.7 cm³/mol. The number of methoxy groups -OCH3 is 1. The molecule has 7 nitrogen and oxygen atoms in total. The Morgan fingerprint density at radius 2 is 2.16 bits per heavy atom. The van der Waals surface area contributed by atoms with Crippen LogP contribution in [0.15, 0.2) is 24.4 Å². The molecule has 3 rings (SSSR count). The number of carbonyl (C=O) groups excluding carboxylic acids is 1. The average Bonchev–Trinajstić information content (AvgIpc) is 2.99. The Morgan fingerprint density at radius 3 is 2.92 bits per heavy atom. The minimum atomic E-state index is -0.0661. The molecular formula is C18H24N4O3. The molecule has 0 fully saturated rings. The molecule has 1 atom stereocenters. The van der Waals surface area contributed by atoms with Gasteiger partial charge in [-0.15, -0.1) is 0 Å². The van der Waals surface area contributed by atoms with Crippen LogP contribution in [-0.4, -0.2) is 45.6 Å². The minimum absolute atomic E-state index is 0.00688. The van der Waals surface area contributed by atoms with Crippen LogP contribution in [0.25, 0.3) is 0 Å². The van der Waals surface area contributed by atoms with Gasteiger partial charge in [0.25, 0.3) is 0 Å². The number of imidazole rings is 1. The van der Waals surface area contributed by atoms with Crippen molar-refractivity contribution in [2.75, 3.05) is 20.3 Å². The maximum absolute atomic E-state index is 12.1. The Morgan fingerprint density at radius 1 is 1.32 bits per heavy atom. The molecule has 1 aliphatic rings. The second kappa shape index (κ2) is 7.76. The van der Waals surface area contributed by atoms with Gasteiger partial charge in [-0.2, -0.15) is 0 Å². The molecule has 0 saturated carbocycles. The van der Waals surface area contributed by atoms with E-state index >= 15 is 0 Å². The first-order valence-electron chi connectivity index (χ1n) is 8.43. The maximum Gasteiger partial charge on any atom is 0.249 e. The van der Waals surface area contributed by atoms with E-state index in [1.165, 1.54) is 7.11 Å². The maximum atomic E-state index is 12.1. The molecule has 1 aliphatic heterocycles. The number of fused-ring (bicyclic) bond motifs is 1. The minimum Gasteiger partial charge on any atom is -0.375 e. The molecule has 134 valence electrons. The molecule has 2 aromatic rings. The number of ether oxygens (including phenoxy) is 2. The van der Waals surface area contributed by atoms with Crippen LogP contribution >= 0.6 is 0 Å². The lowest BCUT2D eigenvalue weighted by molar-refractivity contribution is -0.138. The van der Waals surface area contributed by atoms with Gasteiger partial charge in [0.05, 0.1) is 36.8 Å². The van der Waals surface area contributed by atoms with E-state index in [9.17, 15) is 4.79 Å².